The van der Waals surface area contributed by atoms with Gasteiger partial charge in [-0.1, -0.05) is 0 Å². The van der Waals surface area contributed by atoms with Crippen LogP contribution in [0, 0.1) is 0 Å². The largest absolute Gasteiger partial charge is 0.480 e. The number of amides is 1. The number of carbonyl (C=O) groups is 2. The Labute approximate surface area is 122 Å². The summed E-state index contributed by atoms with van der Waals surface area (Å²) < 4.78 is 5.32. The second-order valence-electron chi connectivity index (χ2n) is 4.92. The van der Waals surface area contributed by atoms with Crippen molar-refractivity contribution in [2.75, 3.05) is 18.5 Å². The van der Waals surface area contributed by atoms with E-state index in [0.717, 1.165) is 5.69 Å². The number of hydrogen-bond donors (Lipinski definition) is 2. The van der Waals surface area contributed by atoms with Crippen molar-refractivity contribution in [2.24, 2.45) is 0 Å². The van der Waals surface area contributed by atoms with Gasteiger partial charge in [-0.2, -0.15) is 0 Å². The number of rotatable bonds is 5. The zero-order chi connectivity index (χ0) is 15.4. The third-order valence-corrected chi connectivity index (χ3v) is 3.39. The molecule has 2 atom stereocenters. The highest BCUT2D eigenvalue weighted by molar-refractivity contribution is 5.83. The van der Waals surface area contributed by atoms with E-state index in [0.29, 0.717) is 25.5 Å². The second kappa shape index (κ2) is 6.43. The molecule has 7 nitrogen and oxygen atoms in total. The first kappa shape index (κ1) is 15.1. The molecule has 114 valence electrons. The third-order valence-electron chi connectivity index (χ3n) is 3.39. The van der Waals surface area contributed by atoms with Crippen LogP contribution in [0.2, 0.25) is 0 Å². The van der Waals surface area contributed by atoms with E-state index in [1.54, 1.807) is 18.3 Å². The average molecular weight is 293 g/mol. The highest BCUT2D eigenvalue weighted by Gasteiger charge is 2.38. The maximum absolute atomic E-state index is 11.5. The van der Waals surface area contributed by atoms with E-state index in [1.165, 1.54) is 11.8 Å². The van der Waals surface area contributed by atoms with Gasteiger partial charge in [-0.05, 0) is 13.0 Å². The Bertz CT molecular complexity index is 513. The van der Waals surface area contributed by atoms with E-state index in [1.807, 2.05) is 6.92 Å². The lowest BCUT2D eigenvalue weighted by Crippen LogP contribution is -2.39. The Kier molecular flexibility index (Phi) is 4.62. The molecule has 1 aliphatic rings. The third kappa shape index (κ3) is 3.62. The molecule has 7 heteroatoms. The molecule has 2 N–H and O–H groups in total. The lowest BCUT2D eigenvalue weighted by molar-refractivity contribution is -0.147. The molecular weight excluding hydrogens is 274 g/mol. The van der Waals surface area contributed by atoms with E-state index in [-0.39, 0.29) is 11.9 Å². The summed E-state index contributed by atoms with van der Waals surface area (Å²) in [6.45, 7) is 4.16. The van der Waals surface area contributed by atoms with Crippen molar-refractivity contribution in [3.05, 3.63) is 18.3 Å². The molecular formula is C14H19N3O4. The molecule has 1 fully saturated rings. The normalized spacial score (nSPS) is 21.1. The van der Waals surface area contributed by atoms with Crippen molar-refractivity contribution in [1.82, 2.24) is 9.88 Å². The summed E-state index contributed by atoms with van der Waals surface area (Å²) in [5, 5.41) is 12.4. The van der Waals surface area contributed by atoms with Gasteiger partial charge in [-0.3, -0.25) is 4.79 Å². The smallest absolute Gasteiger partial charge is 0.326 e. The second-order valence-corrected chi connectivity index (χ2v) is 4.92. The number of anilines is 1. The van der Waals surface area contributed by atoms with Gasteiger partial charge in [0.2, 0.25) is 11.8 Å². The van der Waals surface area contributed by atoms with Crippen LogP contribution in [0.15, 0.2) is 18.3 Å². The molecule has 1 aromatic heterocycles. The van der Waals surface area contributed by atoms with Gasteiger partial charge in [-0.25, -0.2) is 9.78 Å². The summed E-state index contributed by atoms with van der Waals surface area (Å²) in [6, 6.07) is 2.67. The van der Waals surface area contributed by atoms with E-state index < -0.39 is 12.0 Å². The lowest BCUT2D eigenvalue weighted by Gasteiger charge is -2.19. The first-order valence-corrected chi connectivity index (χ1v) is 6.86. The minimum atomic E-state index is -0.973. The molecule has 0 aromatic carbocycles. The topological polar surface area (TPSA) is 91.8 Å². The molecule has 1 amide bonds. The van der Waals surface area contributed by atoms with Crippen molar-refractivity contribution in [3.8, 4) is 5.88 Å². The number of likely N-dealkylation sites (tertiary alicyclic amines) is 1. The quantitative estimate of drug-likeness (QED) is 0.840. The first-order valence-electron chi connectivity index (χ1n) is 6.86. The van der Waals surface area contributed by atoms with E-state index in [4.69, 9.17) is 4.74 Å². The fourth-order valence-electron chi connectivity index (χ4n) is 2.48. The number of nitrogens with one attached hydrogen (secondary N) is 1. The highest BCUT2D eigenvalue weighted by Crippen LogP contribution is 2.23. The predicted molar refractivity (Wildman–Crippen MR) is 76.2 cm³/mol. The molecule has 0 radical (unpaired) electrons. The Balaban J connectivity index is 2.05. The Morgan fingerprint density at radius 3 is 2.90 bits per heavy atom. The highest BCUT2D eigenvalue weighted by atomic mass is 16.5. The molecule has 1 aliphatic heterocycles. The zero-order valence-electron chi connectivity index (χ0n) is 12.1. The predicted octanol–water partition coefficient (Wildman–Crippen LogP) is 0.966. The molecule has 0 aliphatic carbocycles. The van der Waals surface area contributed by atoms with Crippen molar-refractivity contribution in [2.45, 2.75) is 32.4 Å². The number of aliphatic carboxylic acids is 1. The molecule has 1 unspecified atom stereocenters. The number of nitrogens with zero attached hydrogens (tertiary/aromatic N) is 2. The van der Waals surface area contributed by atoms with Crippen molar-refractivity contribution < 1.29 is 19.4 Å². The summed E-state index contributed by atoms with van der Waals surface area (Å²) >= 11 is 0. The van der Waals surface area contributed by atoms with Crippen LogP contribution in [-0.4, -0.2) is 52.1 Å². The number of ether oxygens (including phenoxy) is 1. The van der Waals surface area contributed by atoms with Crippen molar-refractivity contribution in [3.63, 3.8) is 0 Å². The summed E-state index contributed by atoms with van der Waals surface area (Å²) in [5.41, 5.74) is 0.799. The number of aromatic nitrogens is 1. The van der Waals surface area contributed by atoms with Gasteiger partial charge < -0.3 is 20.1 Å². The zero-order valence-corrected chi connectivity index (χ0v) is 12.1. The molecule has 1 saturated heterocycles. The maximum Gasteiger partial charge on any atom is 0.326 e. The van der Waals surface area contributed by atoms with Crippen LogP contribution < -0.4 is 10.1 Å². The minimum absolute atomic E-state index is 0.105. The van der Waals surface area contributed by atoms with Crippen molar-refractivity contribution >= 4 is 17.6 Å². The number of pyridine rings is 1. The van der Waals surface area contributed by atoms with Gasteiger partial charge in [0.1, 0.15) is 6.04 Å². The first-order chi connectivity index (χ1) is 10.0. The van der Waals surface area contributed by atoms with Gasteiger partial charge >= 0.3 is 5.97 Å². The Morgan fingerprint density at radius 2 is 2.33 bits per heavy atom. The van der Waals surface area contributed by atoms with Gasteiger partial charge in [0.25, 0.3) is 0 Å². The van der Waals surface area contributed by atoms with Crippen LogP contribution in [0.4, 0.5) is 5.69 Å². The van der Waals surface area contributed by atoms with Gasteiger partial charge in [0, 0.05) is 43.9 Å². The van der Waals surface area contributed by atoms with Crippen LogP contribution in [0.25, 0.3) is 0 Å². The van der Waals surface area contributed by atoms with E-state index in [9.17, 15) is 14.7 Å². The van der Waals surface area contributed by atoms with Gasteiger partial charge in [0.15, 0.2) is 0 Å². The average Bonchev–Trinajstić information content (AvgIpc) is 2.84. The molecule has 2 rings (SSSR count). The van der Waals surface area contributed by atoms with Crippen LogP contribution in [0.1, 0.15) is 20.3 Å². The molecule has 0 saturated carbocycles. The number of hydrogen-bond acceptors (Lipinski definition) is 5. The van der Waals surface area contributed by atoms with Crippen LogP contribution in [0.5, 0.6) is 5.88 Å². The van der Waals surface area contributed by atoms with E-state index >= 15 is 0 Å². The minimum Gasteiger partial charge on any atom is -0.480 e. The fraction of sp³-hybridized carbons (Fsp3) is 0.500. The molecule has 1 aromatic rings. The number of carboxylic acid groups (broad SMARTS) is 1. The molecule has 2 heterocycles. The Morgan fingerprint density at radius 1 is 1.57 bits per heavy atom. The molecule has 0 bridgehead atoms. The van der Waals surface area contributed by atoms with Crippen molar-refractivity contribution in [1.29, 1.82) is 0 Å². The van der Waals surface area contributed by atoms with Crippen LogP contribution >= 0.6 is 0 Å². The Hall–Kier alpha value is -2.31. The lowest BCUT2D eigenvalue weighted by atomic mass is 10.1. The van der Waals surface area contributed by atoms with Gasteiger partial charge in [0.05, 0.1) is 6.61 Å². The summed E-state index contributed by atoms with van der Waals surface area (Å²) in [5.74, 6) is -0.686. The standard InChI is InChI=1S/C14H19N3O4/c1-3-21-13-7-10(4-5-15-13)16-11-6-12(14(19)20)17(8-11)9(2)18/h4-5,7,11-12H,3,6,8H2,1-2H3,(H,15,16)(H,19,20)/t11?,12-/m0/s1. The maximum atomic E-state index is 11.5. The number of carbonyl (C=O) groups excluding carboxylic acids is 1. The van der Waals surface area contributed by atoms with Gasteiger partial charge in [-0.15, -0.1) is 0 Å². The molecule has 0 spiro atoms. The monoisotopic (exact) mass is 293 g/mol. The summed E-state index contributed by atoms with van der Waals surface area (Å²) in [4.78, 5) is 28.2. The van der Waals surface area contributed by atoms with Crippen LogP contribution in [-0.2, 0) is 9.59 Å². The summed E-state index contributed by atoms with van der Waals surface area (Å²) in [7, 11) is 0. The van der Waals surface area contributed by atoms with E-state index in [2.05, 4.69) is 10.3 Å². The SMILES string of the molecule is CCOc1cc(NC2C[C@@H](C(=O)O)N(C(C)=O)C2)ccn1. The number of carboxylic acids is 1. The van der Waals surface area contributed by atoms with Crippen LogP contribution in [0.3, 0.4) is 0 Å². The molecule has 21 heavy (non-hydrogen) atoms. The fourth-order valence-corrected chi connectivity index (χ4v) is 2.48. The summed E-state index contributed by atoms with van der Waals surface area (Å²) in [6.07, 6.45) is 2.00.